The summed E-state index contributed by atoms with van der Waals surface area (Å²) >= 11 is 8.42. The first-order chi connectivity index (χ1) is 7.52. The number of nitrogens with two attached hydrogens (primary N) is 2. The Morgan fingerprint density at radius 3 is 2.62 bits per heavy atom. The second-order valence-electron chi connectivity index (χ2n) is 3.85. The van der Waals surface area contributed by atoms with E-state index in [9.17, 15) is 4.79 Å². The molecule has 16 heavy (non-hydrogen) atoms. The van der Waals surface area contributed by atoms with Gasteiger partial charge in [0.25, 0.3) is 0 Å². The maximum absolute atomic E-state index is 11.5. The number of carbonyl (C=O) groups is 1. The summed E-state index contributed by atoms with van der Waals surface area (Å²) in [5.41, 5.74) is 11.4. The first-order valence-electron chi connectivity index (χ1n) is 4.64. The summed E-state index contributed by atoms with van der Waals surface area (Å²) in [5.74, 6) is -0.354. The molecule has 0 spiro atoms. The molecule has 0 aromatic heterocycles. The van der Waals surface area contributed by atoms with Crippen LogP contribution in [0.4, 0.5) is 0 Å². The second-order valence-corrected chi connectivity index (χ2v) is 8.56. The van der Waals surface area contributed by atoms with E-state index in [0.29, 0.717) is 6.42 Å². The summed E-state index contributed by atoms with van der Waals surface area (Å²) < 4.78 is 1.17. The number of carbonyl (C=O) groups excluding carboxylic acids is 1. The van der Waals surface area contributed by atoms with Gasteiger partial charge < -0.3 is 0 Å². The minimum atomic E-state index is -0.675. The van der Waals surface area contributed by atoms with Crippen molar-refractivity contribution in [3.05, 3.63) is 32.4 Å². The molecular formula is C10H10ClI2N2O-. The number of hydrogen-bond donors (Lipinski definition) is 2. The van der Waals surface area contributed by atoms with Gasteiger partial charge in [-0.2, -0.15) is 0 Å². The zero-order valence-corrected chi connectivity index (χ0v) is 13.3. The Morgan fingerprint density at radius 1 is 1.62 bits per heavy atom. The normalized spacial score (nSPS) is 28.1. The SMILES string of the molecule is NC(=O)C1(c2ccc([I-]I)c(Cl)c2)CC1N. The molecule has 6 heteroatoms. The Morgan fingerprint density at radius 2 is 2.25 bits per heavy atom. The van der Waals surface area contributed by atoms with Gasteiger partial charge in [-0.1, -0.05) is 0 Å². The topological polar surface area (TPSA) is 69.1 Å². The van der Waals surface area contributed by atoms with Crippen molar-refractivity contribution in [3.8, 4) is 0 Å². The third kappa shape index (κ3) is 1.95. The summed E-state index contributed by atoms with van der Waals surface area (Å²) in [5, 5.41) is 0.722. The fourth-order valence-corrected chi connectivity index (χ4v) is 6.16. The van der Waals surface area contributed by atoms with E-state index in [4.69, 9.17) is 23.1 Å². The van der Waals surface area contributed by atoms with Gasteiger partial charge in [-0.25, -0.2) is 0 Å². The summed E-state index contributed by atoms with van der Waals surface area (Å²) in [7, 11) is 0. The standard InChI is InChI=1S/C10H10ClI2N2O/c11-6-3-5(1-2-7(6)13-12)10(9(15)16)4-8(10)14/h1-3,8H,4,14H2,(H2,15,16)/q-1. The van der Waals surface area contributed by atoms with Crippen LogP contribution in [-0.4, -0.2) is 11.9 Å². The van der Waals surface area contributed by atoms with Gasteiger partial charge in [0.15, 0.2) is 0 Å². The fourth-order valence-electron chi connectivity index (χ4n) is 1.88. The molecule has 0 heterocycles. The summed E-state index contributed by atoms with van der Waals surface area (Å²) in [4.78, 5) is 11.5. The van der Waals surface area contributed by atoms with Gasteiger partial charge in [0.1, 0.15) is 0 Å². The van der Waals surface area contributed by atoms with E-state index >= 15 is 0 Å². The first kappa shape index (κ1) is 12.8. The van der Waals surface area contributed by atoms with Crippen LogP contribution in [0.25, 0.3) is 0 Å². The zero-order valence-electron chi connectivity index (χ0n) is 8.21. The molecule has 88 valence electrons. The van der Waals surface area contributed by atoms with E-state index in [1.165, 1.54) is 3.57 Å². The monoisotopic (exact) mass is 463 g/mol. The van der Waals surface area contributed by atoms with E-state index in [1.54, 1.807) is 0 Å². The number of primary amides is 1. The fraction of sp³-hybridized carbons (Fsp3) is 0.300. The molecule has 2 atom stereocenters. The van der Waals surface area contributed by atoms with Crippen LogP contribution in [0, 0.1) is 3.57 Å². The van der Waals surface area contributed by atoms with Gasteiger partial charge in [0.2, 0.25) is 0 Å². The molecule has 1 saturated carbocycles. The van der Waals surface area contributed by atoms with Crippen molar-refractivity contribution in [1.29, 1.82) is 0 Å². The molecule has 0 saturated heterocycles. The van der Waals surface area contributed by atoms with E-state index in [-0.39, 0.29) is 29.2 Å². The van der Waals surface area contributed by atoms with Crippen LogP contribution in [0.3, 0.4) is 0 Å². The maximum atomic E-state index is 11.5. The van der Waals surface area contributed by atoms with Crippen LogP contribution in [0.2, 0.25) is 5.02 Å². The molecule has 1 aliphatic carbocycles. The van der Waals surface area contributed by atoms with E-state index in [0.717, 1.165) is 10.6 Å². The van der Waals surface area contributed by atoms with Crippen molar-refractivity contribution in [2.75, 3.05) is 0 Å². The van der Waals surface area contributed by atoms with Crippen LogP contribution in [-0.2, 0) is 10.2 Å². The molecule has 1 amide bonds. The molecule has 1 aliphatic rings. The Kier molecular flexibility index (Phi) is 3.68. The van der Waals surface area contributed by atoms with Crippen LogP contribution >= 0.6 is 30.2 Å². The van der Waals surface area contributed by atoms with Crippen molar-refractivity contribution in [3.63, 3.8) is 0 Å². The number of benzene rings is 1. The van der Waals surface area contributed by atoms with E-state index in [1.807, 2.05) is 18.2 Å². The molecule has 4 N–H and O–H groups in total. The van der Waals surface area contributed by atoms with Gasteiger partial charge in [-0.3, -0.25) is 0 Å². The van der Waals surface area contributed by atoms with Crippen molar-refractivity contribution in [1.82, 2.24) is 0 Å². The van der Waals surface area contributed by atoms with Gasteiger partial charge >= 0.3 is 120 Å². The summed E-state index contributed by atoms with van der Waals surface area (Å²) in [6.07, 6.45) is 0.622. The Balaban J connectivity index is 2.42. The molecule has 0 bridgehead atoms. The first-order valence-corrected chi connectivity index (χ1v) is 12.4. The summed E-state index contributed by atoms with van der Waals surface area (Å²) in [6, 6.07) is 5.58. The van der Waals surface area contributed by atoms with Gasteiger partial charge in [0.05, 0.1) is 0 Å². The average Bonchev–Trinajstić information content (AvgIpc) is 2.91. The van der Waals surface area contributed by atoms with Gasteiger partial charge in [0, 0.05) is 0 Å². The van der Waals surface area contributed by atoms with Crippen LogP contribution in [0.1, 0.15) is 12.0 Å². The minimum absolute atomic E-state index is 0.0779. The van der Waals surface area contributed by atoms with E-state index in [2.05, 4.69) is 18.6 Å². The van der Waals surface area contributed by atoms with Crippen LogP contribution in [0.15, 0.2) is 18.2 Å². The van der Waals surface area contributed by atoms with Crippen LogP contribution in [0.5, 0.6) is 0 Å². The van der Waals surface area contributed by atoms with Crippen molar-refractivity contribution >= 4 is 36.1 Å². The molecule has 3 nitrogen and oxygen atoms in total. The molecule has 1 fully saturated rings. The van der Waals surface area contributed by atoms with Gasteiger partial charge in [-0.05, 0) is 0 Å². The second kappa shape index (κ2) is 4.58. The predicted octanol–water partition coefficient (Wildman–Crippen LogP) is -1.60. The molecule has 1 aromatic carbocycles. The predicted molar refractivity (Wildman–Crippen MR) is 67.6 cm³/mol. The molecule has 0 aliphatic heterocycles. The van der Waals surface area contributed by atoms with E-state index < -0.39 is 5.41 Å². The number of rotatable bonds is 3. The van der Waals surface area contributed by atoms with Gasteiger partial charge in [-0.15, -0.1) is 0 Å². The van der Waals surface area contributed by atoms with Crippen molar-refractivity contribution in [2.24, 2.45) is 11.5 Å². The molecule has 1 aromatic rings. The molecule has 2 unspecified atom stereocenters. The quantitative estimate of drug-likeness (QED) is 0.531. The van der Waals surface area contributed by atoms with Crippen LogP contribution < -0.4 is 28.7 Å². The Bertz CT molecular complexity index is 454. The molecular weight excluding hydrogens is 453 g/mol. The Hall–Kier alpha value is 0.400. The zero-order chi connectivity index (χ0) is 11.9. The molecule has 0 radical (unpaired) electrons. The summed E-state index contributed by atoms with van der Waals surface area (Å²) in [6.45, 7) is 0. The number of hydrogen-bond acceptors (Lipinski definition) is 2. The average molecular weight is 463 g/mol. The third-order valence-electron chi connectivity index (χ3n) is 2.97. The number of halogens is 3. The van der Waals surface area contributed by atoms with Crippen molar-refractivity contribution < 1.29 is 22.0 Å². The van der Waals surface area contributed by atoms with Crippen molar-refractivity contribution in [2.45, 2.75) is 17.9 Å². The third-order valence-corrected chi connectivity index (χ3v) is 7.92. The Labute approximate surface area is 119 Å². The molecule has 2 rings (SSSR count). The number of amides is 1.